The van der Waals surface area contributed by atoms with Crippen LogP contribution in [0.1, 0.15) is 12.8 Å². The molecular formula is C12H18N2O4S. The third-order valence-electron chi connectivity index (χ3n) is 2.80. The van der Waals surface area contributed by atoms with Crippen molar-refractivity contribution in [3.05, 3.63) is 24.3 Å². The zero-order chi connectivity index (χ0) is 13.7. The number of nitrogens with two attached hydrogens (primary N) is 1. The van der Waals surface area contributed by atoms with Crippen molar-refractivity contribution in [1.29, 1.82) is 0 Å². The summed E-state index contributed by atoms with van der Waals surface area (Å²) in [5.41, 5.74) is 6.20. The lowest BCUT2D eigenvalue weighted by atomic mass is 10.3. The van der Waals surface area contributed by atoms with E-state index in [9.17, 15) is 8.42 Å². The summed E-state index contributed by atoms with van der Waals surface area (Å²) in [6, 6.07) is 6.99. The van der Waals surface area contributed by atoms with Crippen molar-refractivity contribution >= 4 is 15.7 Å². The number of nitrogen functional groups attached to an aromatic ring is 1. The van der Waals surface area contributed by atoms with Gasteiger partial charge in [0.2, 0.25) is 10.0 Å². The molecule has 0 spiro atoms. The molecular weight excluding hydrogens is 268 g/mol. The number of anilines is 1. The van der Waals surface area contributed by atoms with Gasteiger partial charge in [0.25, 0.3) is 0 Å². The molecule has 2 N–H and O–H groups in total. The van der Waals surface area contributed by atoms with E-state index in [4.69, 9.17) is 15.3 Å². The Labute approximate surface area is 113 Å². The topological polar surface area (TPSA) is 81.9 Å². The summed E-state index contributed by atoms with van der Waals surface area (Å²) in [6.45, 7) is 0.915. The maximum absolute atomic E-state index is 12.0. The van der Waals surface area contributed by atoms with Crippen molar-refractivity contribution in [2.24, 2.45) is 0 Å². The molecule has 1 saturated heterocycles. The minimum absolute atomic E-state index is 0.0520. The van der Waals surface area contributed by atoms with Crippen LogP contribution in [0.5, 0.6) is 5.75 Å². The third kappa shape index (κ3) is 3.82. The standard InChI is InChI=1S/C12H18N2O4S/c13-11-5-1-2-6-12(11)17-9-10-19(15,16)14-7-3-4-8-18-14/h1-2,5-6H,3-4,7-10,13H2. The van der Waals surface area contributed by atoms with E-state index in [1.54, 1.807) is 24.3 Å². The number of benzene rings is 1. The molecule has 2 rings (SSSR count). The third-order valence-corrected chi connectivity index (χ3v) is 4.39. The molecule has 0 aliphatic carbocycles. The van der Waals surface area contributed by atoms with Gasteiger partial charge in [-0.2, -0.15) is 0 Å². The lowest BCUT2D eigenvalue weighted by Crippen LogP contribution is -2.38. The van der Waals surface area contributed by atoms with Gasteiger partial charge < -0.3 is 10.5 Å². The van der Waals surface area contributed by atoms with E-state index in [1.807, 2.05) is 0 Å². The second-order valence-electron chi connectivity index (χ2n) is 4.27. The lowest BCUT2D eigenvalue weighted by molar-refractivity contribution is -0.108. The fourth-order valence-corrected chi connectivity index (χ4v) is 2.90. The van der Waals surface area contributed by atoms with Crippen molar-refractivity contribution in [3.63, 3.8) is 0 Å². The number of para-hydroxylation sites is 2. The van der Waals surface area contributed by atoms with Crippen LogP contribution in [0.3, 0.4) is 0 Å². The molecule has 0 bridgehead atoms. The molecule has 1 fully saturated rings. The number of sulfonamides is 1. The highest BCUT2D eigenvalue weighted by atomic mass is 32.2. The molecule has 0 saturated carbocycles. The van der Waals surface area contributed by atoms with Crippen LogP contribution in [-0.4, -0.2) is 38.4 Å². The van der Waals surface area contributed by atoms with E-state index in [0.717, 1.165) is 17.3 Å². The Kier molecular flexibility index (Phi) is 4.62. The largest absolute Gasteiger partial charge is 0.490 e. The fourth-order valence-electron chi connectivity index (χ4n) is 1.76. The van der Waals surface area contributed by atoms with Gasteiger partial charge in [0.05, 0.1) is 12.3 Å². The average Bonchev–Trinajstić information content (AvgIpc) is 2.42. The van der Waals surface area contributed by atoms with Crippen molar-refractivity contribution in [2.45, 2.75) is 12.8 Å². The second kappa shape index (κ2) is 6.23. The summed E-state index contributed by atoms with van der Waals surface area (Å²) in [4.78, 5) is 5.13. The van der Waals surface area contributed by atoms with Gasteiger partial charge >= 0.3 is 0 Å². The predicted molar refractivity (Wildman–Crippen MR) is 72.0 cm³/mol. The Hall–Kier alpha value is -1.31. The highest BCUT2D eigenvalue weighted by molar-refractivity contribution is 7.88. The number of ether oxygens (including phenoxy) is 1. The van der Waals surface area contributed by atoms with Crippen LogP contribution >= 0.6 is 0 Å². The Morgan fingerprint density at radius 2 is 2.11 bits per heavy atom. The Morgan fingerprint density at radius 3 is 2.79 bits per heavy atom. The Morgan fingerprint density at radius 1 is 1.32 bits per heavy atom. The van der Waals surface area contributed by atoms with Gasteiger partial charge in [0.15, 0.2) is 0 Å². The molecule has 1 aliphatic heterocycles. The van der Waals surface area contributed by atoms with Crippen LogP contribution in [0.25, 0.3) is 0 Å². The van der Waals surface area contributed by atoms with Gasteiger partial charge in [-0.25, -0.2) is 8.42 Å². The van der Waals surface area contributed by atoms with E-state index in [1.165, 1.54) is 0 Å². The van der Waals surface area contributed by atoms with Crippen LogP contribution in [-0.2, 0) is 14.9 Å². The average molecular weight is 286 g/mol. The summed E-state index contributed by atoms with van der Waals surface area (Å²) in [6.07, 6.45) is 1.72. The first-order valence-electron chi connectivity index (χ1n) is 6.20. The van der Waals surface area contributed by atoms with Gasteiger partial charge in [-0.3, -0.25) is 4.84 Å². The van der Waals surface area contributed by atoms with Gasteiger partial charge in [0.1, 0.15) is 18.1 Å². The van der Waals surface area contributed by atoms with Gasteiger partial charge in [-0.05, 0) is 25.0 Å². The predicted octanol–water partition coefficient (Wildman–Crippen LogP) is 1.00. The van der Waals surface area contributed by atoms with Gasteiger partial charge in [-0.1, -0.05) is 16.6 Å². The van der Waals surface area contributed by atoms with Crippen molar-refractivity contribution in [2.75, 3.05) is 31.2 Å². The molecule has 0 aromatic heterocycles. The molecule has 0 amide bonds. The van der Waals surface area contributed by atoms with E-state index in [-0.39, 0.29) is 12.4 Å². The van der Waals surface area contributed by atoms with Crippen molar-refractivity contribution in [1.82, 2.24) is 4.47 Å². The van der Waals surface area contributed by atoms with E-state index in [2.05, 4.69) is 0 Å². The van der Waals surface area contributed by atoms with E-state index >= 15 is 0 Å². The zero-order valence-corrected chi connectivity index (χ0v) is 11.4. The molecule has 0 unspecified atom stereocenters. The van der Waals surface area contributed by atoms with Crippen LogP contribution in [0, 0.1) is 0 Å². The van der Waals surface area contributed by atoms with E-state index in [0.29, 0.717) is 24.6 Å². The molecule has 19 heavy (non-hydrogen) atoms. The maximum atomic E-state index is 12.0. The summed E-state index contributed by atoms with van der Waals surface area (Å²) in [5, 5.41) is 0. The first-order chi connectivity index (χ1) is 9.09. The minimum Gasteiger partial charge on any atom is -0.490 e. The van der Waals surface area contributed by atoms with E-state index < -0.39 is 10.0 Å². The first-order valence-corrected chi connectivity index (χ1v) is 7.81. The molecule has 106 valence electrons. The summed E-state index contributed by atoms with van der Waals surface area (Å²) in [5.74, 6) is 0.374. The van der Waals surface area contributed by atoms with Crippen molar-refractivity contribution < 1.29 is 18.0 Å². The quantitative estimate of drug-likeness (QED) is 0.817. The fraction of sp³-hybridized carbons (Fsp3) is 0.500. The van der Waals surface area contributed by atoms with Gasteiger partial charge in [-0.15, -0.1) is 0 Å². The second-order valence-corrected chi connectivity index (χ2v) is 6.25. The molecule has 1 heterocycles. The maximum Gasteiger partial charge on any atom is 0.239 e. The summed E-state index contributed by atoms with van der Waals surface area (Å²) >= 11 is 0. The van der Waals surface area contributed by atoms with Crippen LogP contribution in [0.2, 0.25) is 0 Å². The molecule has 1 aromatic rings. The molecule has 7 heteroatoms. The van der Waals surface area contributed by atoms with Gasteiger partial charge in [0, 0.05) is 6.54 Å². The number of hydroxylamine groups is 1. The zero-order valence-electron chi connectivity index (χ0n) is 10.6. The molecule has 1 aliphatic rings. The first kappa shape index (κ1) is 14.1. The highest BCUT2D eigenvalue weighted by Crippen LogP contribution is 2.20. The monoisotopic (exact) mass is 286 g/mol. The molecule has 0 radical (unpaired) electrons. The highest BCUT2D eigenvalue weighted by Gasteiger charge is 2.25. The minimum atomic E-state index is -3.42. The number of hydrogen-bond donors (Lipinski definition) is 1. The van der Waals surface area contributed by atoms with Crippen molar-refractivity contribution in [3.8, 4) is 5.75 Å². The molecule has 6 nitrogen and oxygen atoms in total. The Balaban J connectivity index is 1.86. The normalized spacial score (nSPS) is 17.3. The molecule has 1 aromatic carbocycles. The lowest BCUT2D eigenvalue weighted by Gasteiger charge is -2.25. The summed E-state index contributed by atoms with van der Waals surface area (Å²) in [7, 11) is -3.42. The molecule has 0 atom stereocenters. The Bertz CT molecular complexity index is 512. The number of hydrogen-bond acceptors (Lipinski definition) is 5. The smallest absolute Gasteiger partial charge is 0.239 e. The van der Waals surface area contributed by atoms with Crippen LogP contribution in [0.15, 0.2) is 24.3 Å². The summed E-state index contributed by atoms with van der Waals surface area (Å²) < 4.78 is 30.3. The van der Waals surface area contributed by atoms with Crippen LogP contribution < -0.4 is 10.5 Å². The number of nitrogens with zero attached hydrogens (tertiary/aromatic N) is 1. The number of rotatable bonds is 5. The van der Waals surface area contributed by atoms with Crippen LogP contribution in [0.4, 0.5) is 5.69 Å². The SMILES string of the molecule is Nc1ccccc1OCCS(=O)(=O)N1CCCCO1.